The van der Waals surface area contributed by atoms with E-state index in [4.69, 9.17) is 0 Å². The average Bonchev–Trinajstić information content (AvgIpc) is 3.11. The number of carbonyl (C=O) groups is 1. The van der Waals surface area contributed by atoms with Gasteiger partial charge in [-0.1, -0.05) is 36.4 Å². The second kappa shape index (κ2) is 8.36. The number of nitrogens with one attached hydrogen (secondary N) is 1. The first-order chi connectivity index (χ1) is 11.8. The van der Waals surface area contributed by atoms with Crippen LogP contribution in [0.15, 0.2) is 60.1 Å². The molecule has 0 radical (unpaired) electrons. The zero-order valence-corrected chi connectivity index (χ0v) is 14.1. The van der Waals surface area contributed by atoms with Gasteiger partial charge in [0.15, 0.2) is 0 Å². The van der Waals surface area contributed by atoms with Gasteiger partial charge in [0, 0.05) is 31.0 Å². The summed E-state index contributed by atoms with van der Waals surface area (Å²) in [7, 11) is 0. The maximum absolute atomic E-state index is 11.9. The number of aromatic nitrogens is 2. The molecule has 0 bridgehead atoms. The molecule has 3 aromatic rings. The third-order valence-corrected chi connectivity index (χ3v) is 4.54. The van der Waals surface area contributed by atoms with E-state index in [0.717, 1.165) is 29.2 Å². The highest BCUT2D eigenvalue weighted by atomic mass is 32.1. The molecule has 0 aliphatic rings. The quantitative estimate of drug-likeness (QED) is 0.718. The minimum absolute atomic E-state index is 0.0824. The van der Waals surface area contributed by atoms with Gasteiger partial charge in [-0.25, -0.2) is 4.98 Å². The molecule has 0 fully saturated rings. The molecule has 3 rings (SSSR count). The van der Waals surface area contributed by atoms with Crippen LogP contribution < -0.4 is 5.32 Å². The predicted molar refractivity (Wildman–Crippen MR) is 96.8 cm³/mol. The molecule has 0 spiro atoms. The topological polar surface area (TPSA) is 54.9 Å². The van der Waals surface area contributed by atoms with E-state index in [1.807, 2.05) is 53.9 Å². The molecule has 0 saturated heterocycles. The van der Waals surface area contributed by atoms with Crippen molar-refractivity contribution in [1.82, 2.24) is 15.3 Å². The van der Waals surface area contributed by atoms with Gasteiger partial charge in [-0.2, -0.15) is 0 Å². The number of hydrogen-bond donors (Lipinski definition) is 1. The van der Waals surface area contributed by atoms with Crippen LogP contribution >= 0.6 is 11.3 Å². The fourth-order valence-electron chi connectivity index (χ4n) is 2.35. The second-order valence-corrected chi connectivity index (χ2v) is 6.30. The molecule has 0 aliphatic heterocycles. The zero-order valence-electron chi connectivity index (χ0n) is 13.3. The van der Waals surface area contributed by atoms with Crippen LogP contribution in [0.25, 0.3) is 10.7 Å². The van der Waals surface area contributed by atoms with Crippen molar-refractivity contribution in [3.8, 4) is 10.7 Å². The number of rotatable bonds is 7. The molecule has 1 aromatic carbocycles. The van der Waals surface area contributed by atoms with Crippen molar-refractivity contribution in [3.63, 3.8) is 0 Å². The summed E-state index contributed by atoms with van der Waals surface area (Å²) in [5.41, 5.74) is 3.07. The number of nitrogens with zero attached hydrogens (tertiary/aromatic N) is 2. The Labute approximate surface area is 145 Å². The van der Waals surface area contributed by atoms with E-state index >= 15 is 0 Å². The number of thiazole rings is 1. The van der Waals surface area contributed by atoms with E-state index in [-0.39, 0.29) is 5.91 Å². The summed E-state index contributed by atoms with van der Waals surface area (Å²) < 4.78 is 0. The Balaban J connectivity index is 1.42. The summed E-state index contributed by atoms with van der Waals surface area (Å²) >= 11 is 1.58. The smallest absolute Gasteiger partial charge is 0.220 e. The van der Waals surface area contributed by atoms with Crippen molar-refractivity contribution < 1.29 is 4.79 Å². The van der Waals surface area contributed by atoms with Gasteiger partial charge in [-0.05, 0) is 24.1 Å². The maximum atomic E-state index is 11.9. The first-order valence-electron chi connectivity index (χ1n) is 7.98. The van der Waals surface area contributed by atoms with E-state index in [1.165, 1.54) is 5.56 Å². The molecule has 0 saturated carbocycles. The Morgan fingerprint density at radius 2 is 1.88 bits per heavy atom. The van der Waals surface area contributed by atoms with E-state index in [2.05, 4.69) is 15.3 Å². The number of aryl methyl sites for hydroxylation is 1. The third kappa shape index (κ3) is 4.73. The van der Waals surface area contributed by atoms with E-state index in [1.54, 1.807) is 17.5 Å². The van der Waals surface area contributed by atoms with Gasteiger partial charge in [0.2, 0.25) is 5.91 Å². The monoisotopic (exact) mass is 337 g/mol. The average molecular weight is 337 g/mol. The highest BCUT2D eigenvalue weighted by Gasteiger charge is 2.06. The van der Waals surface area contributed by atoms with Crippen molar-refractivity contribution in [3.05, 3.63) is 71.4 Å². The van der Waals surface area contributed by atoms with Crippen LogP contribution in [0.4, 0.5) is 0 Å². The first kappa shape index (κ1) is 16.3. The number of amides is 1. The van der Waals surface area contributed by atoms with Gasteiger partial charge in [0.25, 0.3) is 0 Å². The molecule has 122 valence electrons. The van der Waals surface area contributed by atoms with Crippen LogP contribution in [0.2, 0.25) is 0 Å². The Hall–Kier alpha value is -2.53. The summed E-state index contributed by atoms with van der Waals surface area (Å²) in [5.74, 6) is 0.0824. The van der Waals surface area contributed by atoms with Crippen molar-refractivity contribution in [1.29, 1.82) is 0 Å². The van der Waals surface area contributed by atoms with Gasteiger partial charge in [-0.15, -0.1) is 11.3 Å². The van der Waals surface area contributed by atoms with Gasteiger partial charge < -0.3 is 5.32 Å². The molecule has 0 unspecified atom stereocenters. The molecule has 4 nitrogen and oxygen atoms in total. The van der Waals surface area contributed by atoms with E-state index in [9.17, 15) is 4.79 Å². The molecule has 0 aliphatic carbocycles. The summed E-state index contributed by atoms with van der Waals surface area (Å²) in [4.78, 5) is 20.8. The van der Waals surface area contributed by atoms with E-state index < -0.39 is 0 Å². The van der Waals surface area contributed by atoms with Gasteiger partial charge in [0.05, 0.1) is 11.4 Å². The van der Waals surface area contributed by atoms with Crippen LogP contribution in [0.1, 0.15) is 17.7 Å². The first-order valence-corrected chi connectivity index (χ1v) is 8.85. The predicted octanol–water partition coefficient (Wildman–Crippen LogP) is 3.50. The summed E-state index contributed by atoms with van der Waals surface area (Å²) in [5, 5.41) is 5.91. The molecule has 1 amide bonds. The number of carbonyl (C=O) groups excluding carboxylic acids is 1. The van der Waals surface area contributed by atoms with Crippen LogP contribution in [0.5, 0.6) is 0 Å². The lowest BCUT2D eigenvalue weighted by Crippen LogP contribution is -2.25. The highest BCUT2D eigenvalue weighted by molar-refractivity contribution is 7.13. The second-order valence-electron chi connectivity index (χ2n) is 5.44. The molecule has 2 aromatic heterocycles. The Kier molecular flexibility index (Phi) is 5.69. The maximum Gasteiger partial charge on any atom is 0.220 e. The summed E-state index contributed by atoms with van der Waals surface area (Å²) in [6, 6.07) is 15.9. The molecule has 1 N–H and O–H groups in total. The Bertz CT molecular complexity index is 772. The molecule has 24 heavy (non-hydrogen) atoms. The Morgan fingerprint density at radius 1 is 1.04 bits per heavy atom. The SMILES string of the molecule is O=C(CCc1ccccc1)NCCc1csc(-c2ccccn2)n1. The largest absolute Gasteiger partial charge is 0.356 e. The van der Waals surface area contributed by atoms with Gasteiger partial charge >= 0.3 is 0 Å². The molecule has 2 heterocycles. The molecular weight excluding hydrogens is 318 g/mol. The normalized spacial score (nSPS) is 10.5. The number of pyridine rings is 1. The lowest BCUT2D eigenvalue weighted by Gasteiger charge is -2.04. The minimum Gasteiger partial charge on any atom is -0.356 e. The number of benzene rings is 1. The van der Waals surface area contributed by atoms with Crippen molar-refractivity contribution in [2.75, 3.05) is 6.54 Å². The fraction of sp³-hybridized carbons (Fsp3) is 0.211. The number of hydrogen-bond acceptors (Lipinski definition) is 4. The minimum atomic E-state index is 0.0824. The molecule has 0 atom stereocenters. The molecule has 5 heteroatoms. The van der Waals surface area contributed by atoms with Crippen molar-refractivity contribution in [2.24, 2.45) is 0 Å². The summed E-state index contributed by atoms with van der Waals surface area (Å²) in [6.45, 7) is 0.610. The lowest BCUT2D eigenvalue weighted by atomic mass is 10.1. The third-order valence-electron chi connectivity index (χ3n) is 3.62. The van der Waals surface area contributed by atoms with Gasteiger partial charge in [0.1, 0.15) is 5.01 Å². The summed E-state index contributed by atoms with van der Waals surface area (Å²) in [6.07, 6.45) is 3.79. The van der Waals surface area contributed by atoms with Crippen molar-refractivity contribution >= 4 is 17.2 Å². The van der Waals surface area contributed by atoms with Crippen LogP contribution in [0.3, 0.4) is 0 Å². The van der Waals surface area contributed by atoms with Crippen LogP contribution in [0, 0.1) is 0 Å². The molecular formula is C19H19N3OS. The van der Waals surface area contributed by atoms with Crippen molar-refractivity contribution in [2.45, 2.75) is 19.3 Å². The standard InChI is InChI=1S/C19H19N3OS/c23-18(10-9-15-6-2-1-3-7-15)21-13-11-16-14-24-19(22-16)17-8-4-5-12-20-17/h1-8,12,14H,9-11,13H2,(H,21,23). The van der Waals surface area contributed by atoms with Crippen LogP contribution in [-0.4, -0.2) is 22.4 Å². The lowest BCUT2D eigenvalue weighted by molar-refractivity contribution is -0.121. The zero-order chi connectivity index (χ0) is 16.6. The van der Waals surface area contributed by atoms with E-state index in [0.29, 0.717) is 13.0 Å². The highest BCUT2D eigenvalue weighted by Crippen LogP contribution is 2.21. The fourth-order valence-corrected chi connectivity index (χ4v) is 3.18. The van der Waals surface area contributed by atoms with Crippen LogP contribution in [-0.2, 0) is 17.6 Å². The Morgan fingerprint density at radius 3 is 2.67 bits per heavy atom. The van der Waals surface area contributed by atoms with Gasteiger partial charge in [-0.3, -0.25) is 9.78 Å².